The molecule has 0 radical (unpaired) electrons. The molecule has 1 unspecified atom stereocenters. The normalized spacial score (nSPS) is 16.7. The number of benzene rings is 2. The summed E-state index contributed by atoms with van der Waals surface area (Å²) in [6.07, 6.45) is 2.83. The number of phenols is 1. The first-order valence-electron chi connectivity index (χ1n) is 14.2. The largest absolute Gasteiger partial charge is 0.508 e. The van der Waals surface area contributed by atoms with Gasteiger partial charge in [0.05, 0.1) is 12.6 Å². The molecule has 0 aromatic heterocycles. The Bertz CT molecular complexity index is 1010. The maximum Gasteiger partial charge on any atom is 0.410 e. The molecule has 0 heterocycles. The molecule has 0 bridgehead atoms. The third-order valence-electron chi connectivity index (χ3n) is 7.63. The van der Waals surface area contributed by atoms with E-state index in [1.165, 1.54) is 5.56 Å². The Hall–Kier alpha value is -2.51. The first kappa shape index (κ1) is 30.0. The van der Waals surface area contributed by atoms with Crippen molar-refractivity contribution in [1.29, 1.82) is 0 Å². The van der Waals surface area contributed by atoms with Gasteiger partial charge in [-0.05, 0) is 100.0 Å². The molecule has 3 rings (SSSR count). The molecule has 0 aliphatic heterocycles. The van der Waals surface area contributed by atoms with Gasteiger partial charge >= 0.3 is 6.09 Å². The number of nitrogens with zero attached hydrogens (tertiary/aromatic N) is 1. The van der Waals surface area contributed by atoms with Crippen molar-refractivity contribution in [2.24, 2.45) is 0 Å². The van der Waals surface area contributed by atoms with E-state index >= 15 is 0 Å². The van der Waals surface area contributed by atoms with Crippen LogP contribution in [0.2, 0.25) is 18.1 Å². The maximum absolute atomic E-state index is 13.7. The number of ether oxygens (including phenoxy) is 2. The number of fused-ring (bicyclic) bond motifs is 1. The quantitative estimate of drug-likeness (QED) is 0.238. The third-order valence-corrected chi connectivity index (χ3v) is 12.3. The molecule has 7 heteroatoms. The first-order valence-corrected chi connectivity index (χ1v) is 16.8. The number of amides is 1. The summed E-state index contributed by atoms with van der Waals surface area (Å²) in [4.78, 5) is 15.6. The second kappa shape index (κ2) is 13.5. The van der Waals surface area contributed by atoms with Gasteiger partial charge in [0.15, 0.2) is 8.32 Å². The van der Waals surface area contributed by atoms with Crippen LogP contribution in [0.5, 0.6) is 11.5 Å². The molecule has 1 aliphatic carbocycles. The summed E-state index contributed by atoms with van der Waals surface area (Å²) in [5.41, 5.74) is 1.73. The highest BCUT2D eigenvalue weighted by atomic mass is 28.4. The van der Waals surface area contributed by atoms with Gasteiger partial charge < -0.3 is 23.9 Å². The summed E-state index contributed by atoms with van der Waals surface area (Å²) in [6, 6.07) is 18.4. The van der Waals surface area contributed by atoms with Crippen LogP contribution in [0.25, 0.3) is 0 Å². The molecular weight excluding hydrogens is 494 g/mol. The molecule has 2 aromatic rings. The smallest absolute Gasteiger partial charge is 0.410 e. The number of carbonyl (C=O) groups excluding carboxylic acids is 1. The molecule has 6 nitrogen and oxygen atoms in total. The molecule has 38 heavy (non-hydrogen) atoms. The first-order chi connectivity index (χ1) is 18.1. The third kappa shape index (κ3) is 8.50. The zero-order valence-corrected chi connectivity index (χ0v) is 25.2. The minimum atomic E-state index is -1.98. The Labute approximate surface area is 230 Å². The van der Waals surface area contributed by atoms with Gasteiger partial charge in [0.2, 0.25) is 0 Å². The number of carbonyl (C=O) groups is 1. The summed E-state index contributed by atoms with van der Waals surface area (Å²) in [6.45, 7) is 13.1. The monoisotopic (exact) mass is 541 g/mol. The standard InChI is InChI=1S/C31H47NO5Si/c1-7-38(8-2,9-3)37-29(23-35-28-16-11-10-12-17-28)22-32(30(34)36-31(4,5)6)26-15-13-14-24-18-19-27(33)21-25(24)20-26/h10-12,16-19,21,26,29,33H,7-9,13-15,20,22-23H2,1-6H3/t26?,29-/m0/s1. The Balaban J connectivity index is 1.92. The molecule has 1 amide bonds. The van der Waals surface area contributed by atoms with Gasteiger partial charge in [-0.1, -0.05) is 45.0 Å². The van der Waals surface area contributed by atoms with E-state index < -0.39 is 13.9 Å². The number of hydrogen-bond donors (Lipinski definition) is 1. The lowest BCUT2D eigenvalue weighted by atomic mass is 10.0. The van der Waals surface area contributed by atoms with Crippen molar-refractivity contribution in [1.82, 2.24) is 4.90 Å². The molecule has 0 spiro atoms. The lowest BCUT2D eigenvalue weighted by molar-refractivity contribution is -0.000469. The van der Waals surface area contributed by atoms with Gasteiger partial charge in [0, 0.05) is 6.04 Å². The van der Waals surface area contributed by atoms with Gasteiger partial charge in [0.25, 0.3) is 0 Å². The Kier molecular flexibility index (Phi) is 10.7. The van der Waals surface area contributed by atoms with Crippen LogP contribution in [0.15, 0.2) is 48.5 Å². The molecular formula is C31H47NO5Si. The van der Waals surface area contributed by atoms with Crippen LogP contribution in [-0.2, 0) is 22.0 Å². The fourth-order valence-electron chi connectivity index (χ4n) is 5.29. The molecule has 2 atom stereocenters. The van der Waals surface area contributed by atoms with Crippen molar-refractivity contribution in [2.75, 3.05) is 13.2 Å². The van der Waals surface area contributed by atoms with E-state index in [1.54, 1.807) is 6.07 Å². The molecule has 210 valence electrons. The van der Waals surface area contributed by atoms with E-state index in [0.29, 0.717) is 19.6 Å². The van der Waals surface area contributed by atoms with Crippen LogP contribution in [0.3, 0.4) is 0 Å². The van der Waals surface area contributed by atoms with E-state index in [-0.39, 0.29) is 24.0 Å². The highest BCUT2D eigenvalue weighted by Crippen LogP contribution is 2.30. The summed E-state index contributed by atoms with van der Waals surface area (Å²) < 4.78 is 19.1. The molecule has 0 fully saturated rings. The number of hydrogen-bond acceptors (Lipinski definition) is 5. The minimum Gasteiger partial charge on any atom is -0.508 e. The van der Waals surface area contributed by atoms with Crippen molar-refractivity contribution < 1.29 is 23.8 Å². The van der Waals surface area contributed by atoms with Crippen LogP contribution < -0.4 is 4.74 Å². The maximum atomic E-state index is 13.7. The van der Waals surface area contributed by atoms with E-state index in [0.717, 1.165) is 48.7 Å². The minimum absolute atomic E-state index is 0.0586. The summed E-state index contributed by atoms with van der Waals surface area (Å²) in [7, 11) is -1.98. The van der Waals surface area contributed by atoms with Crippen molar-refractivity contribution in [2.45, 2.75) is 103 Å². The molecule has 1 N–H and O–H groups in total. The molecule has 1 aliphatic rings. The highest BCUT2D eigenvalue weighted by molar-refractivity contribution is 6.73. The molecule has 0 saturated carbocycles. The van der Waals surface area contributed by atoms with Gasteiger partial charge in [-0.25, -0.2) is 4.79 Å². The van der Waals surface area contributed by atoms with Crippen LogP contribution in [0, 0.1) is 0 Å². The zero-order valence-electron chi connectivity index (χ0n) is 24.2. The van der Waals surface area contributed by atoms with E-state index in [1.807, 2.05) is 68.1 Å². The second-order valence-electron chi connectivity index (χ2n) is 11.4. The summed E-state index contributed by atoms with van der Waals surface area (Å²) in [5, 5.41) is 10.2. The molecule has 2 aromatic carbocycles. The van der Waals surface area contributed by atoms with Crippen LogP contribution in [0.4, 0.5) is 4.79 Å². The fourth-order valence-corrected chi connectivity index (χ4v) is 8.14. The number of phenolic OH excluding ortho intramolecular Hbond substituents is 1. The van der Waals surface area contributed by atoms with Crippen molar-refractivity contribution in [3.63, 3.8) is 0 Å². The zero-order chi connectivity index (χ0) is 27.8. The summed E-state index contributed by atoms with van der Waals surface area (Å²) in [5.74, 6) is 1.05. The van der Waals surface area contributed by atoms with E-state index in [9.17, 15) is 9.90 Å². The van der Waals surface area contributed by atoms with E-state index in [4.69, 9.17) is 13.9 Å². The molecule has 0 saturated heterocycles. The fraction of sp³-hybridized carbons (Fsp3) is 0.581. The average Bonchev–Trinajstić information content (AvgIpc) is 3.10. The Morgan fingerprint density at radius 2 is 1.74 bits per heavy atom. The second-order valence-corrected chi connectivity index (χ2v) is 16.2. The number of aryl methyl sites for hydroxylation is 1. The van der Waals surface area contributed by atoms with Crippen LogP contribution >= 0.6 is 0 Å². The SMILES string of the molecule is CC[Si](CC)(CC)O[C@H](COc1ccccc1)CN(C(=O)OC(C)(C)C)C1CCCc2ccc(O)cc2C1. The average molecular weight is 542 g/mol. The highest BCUT2D eigenvalue weighted by Gasteiger charge is 2.37. The Morgan fingerprint density at radius 1 is 1.05 bits per heavy atom. The predicted molar refractivity (Wildman–Crippen MR) is 155 cm³/mol. The number of rotatable bonds is 11. The number of para-hydroxylation sites is 1. The summed E-state index contributed by atoms with van der Waals surface area (Å²) >= 11 is 0. The van der Waals surface area contributed by atoms with Crippen molar-refractivity contribution >= 4 is 14.4 Å². The van der Waals surface area contributed by atoms with Crippen molar-refractivity contribution in [3.8, 4) is 11.5 Å². The van der Waals surface area contributed by atoms with Crippen molar-refractivity contribution in [3.05, 3.63) is 59.7 Å². The topological polar surface area (TPSA) is 68.2 Å². The Morgan fingerprint density at radius 3 is 2.37 bits per heavy atom. The lowest BCUT2D eigenvalue weighted by Crippen LogP contribution is -2.52. The lowest BCUT2D eigenvalue weighted by Gasteiger charge is -2.39. The van der Waals surface area contributed by atoms with Gasteiger partial charge in [-0.2, -0.15) is 0 Å². The van der Waals surface area contributed by atoms with Crippen LogP contribution in [-0.4, -0.2) is 55.3 Å². The number of aromatic hydroxyl groups is 1. The van der Waals surface area contributed by atoms with E-state index in [2.05, 4.69) is 20.8 Å². The van der Waals surface area contributed by atoms with Crippen LogP contribution in [0.1, 0.15) is 65.5 Å². The van der Waals surface area contributed by atoms with Gasteiger partial charge in [-0.15, -0.1) is 0 Å². The predicted octanol–water partition coefficient (Wildman–Crippen LogP) is 7.35. The van der Waals surface area contributed by atoms with Gasteiger partial charge in [0.1, 0.15) is 23.7 Å². The van der Waals surface area contributed by atoms with Gasteiger partial charge in [-0.3, -0.25) is 0 Å².